The lowest BCUT2D eigenvalue weighted by Gasteiger charge is -2.47. The maximum atomic E-state index is 5.45. The normalized spacial score (nSPS) is 14.2. The number of rotatable bonds is 4. The van der Waals surface area contributed by atoms with Gasteiger partial charge in [0.2, 0.25) is 0 Å². The van der Waals surface area contributed by atoms with Crippen LogP contribution in [0.2, 0.25) is 0 Å². The molecule has 0 saturated carbocycles. The molecular weight excluding hydrogens is 424 g/mol. The lowest BCUT2D eigenvalue weighted by molar-refractivity contribution is 0.564. The lowest BCUT2D eigenvalue weighted by atomic mass is 9.72. The summed E-state index contributed by atoms with van der Waals surface area (Å²) < 4.78 is 0. The fourth-order valence-corrected chi connectivity index (χ4v) is 5.17. The summed E-state index contributed by atoms with van der Waals surface area (Å²) in [6, 6.07) is 49.3. The molecule has 0 spiro atoms. The highest BCUT2D eigenvalue weighted by Crippen LogP contribution is 2.48. The first-order valence-corrected chi connectivity index (χ1v) is 12.0. The largest absolute Gasteiger partial charge is 0.245 e. The number of aryl methyl sites for hydroxylation is 1. The third-order valence-corrected chi connectivity index (χ3v) is 6.80. The number of hydrogen-bond donors (Lipinski definition) is 0. The average Bonchev–Trinajstić information content (AvgIpc) is 2.94. The van der Waals surface area contributed by atoms with Gasteiger partial charge in [-0.15, -0.1) is 0 Å². The summed E-state index contributed by atoms with van der Waals surface area (Å²) in [5.41, 5.74) is 8.45. The van der Waals surface area contributed by atoms with E-state index in [4.69, 9.17) is 5.10 Å². The average molecular weight is 451 g/mol. The van der Waals surface area contributed by atoms with Crippen LogP contribution in [0.4, 0.5) is 5.69 Å². The summed E-state index contributed by atoms with van der Waals surface area (Å²) in [5.74, 6) is 0. The molecule has 1 heterocycles. The number of fused-ring (bicyclic) bond motifs is 1. The van der Waals surface area contributed by atoms with E-state index in [0.29, 0.717) is 0 Å². The van der Waals surface area contributed by atoms with Gasteiger partial charge < -0.3 is 0 Å². The SMILES string of the molecule is Cc1ccc(C2=NN(c3ccccc3)C(c3ccccc3)(c3ccccc3)c3ccccc32)cc1. The number of nitrogens with zero attached hydrogens (tertiary/aromatic N) is 2. The van der Waals surface area contributed by atoms with E-state index >= 15 is 0 Å². The van der Waals surface area contributed by atoms with Crippen LogP contribution in [0.3, 0.4) is 0 Å². The van der Waals surface area contributed by atoms with Gasteiger partial charge in [0.25, 0.3) is 0 Å². The van der Waals surface area contributed by atoms with Gasteiger partial charge in [0, 0.05) is 11.1 Å². The second-order valence-electron chi connectivity index (χ2n) is 8.95. The molecule has 0 aromatic heterocycles. The molecule has 168 valence electrons. The van der Waals surface area contributed by atoms with Crippen molar-refractivity contribution in [1.29, 1.82) is 0 Å². The maximum Gasteiger partial charge on any atom is 0.139 e. The van der Waals surface area contributed by atoms with Crippen molar-refractivity contribution in [2.24, 2.45) is 5.10 Å². The third kappa shape index (κ3) is 3.46. The van der Waals surface area contributed by atoms with E-state index in [0.717, 1.165) is 22.5 Å². The Morgan fingerprint density at radius 1 is 0.543 bits per heavy atom. The number of hydrogen-bond acceptors (Lipinski definition) is 2. The van der Waals surface area contributed by atoms with E-state index in [9.17, 15) is 0 Å². The van der Waals surface area contributed by atoms with Crippen LogP contribution >= 0.6 is 0 Å². The van der Waals surface area contributed by atoms with Crippen molar-refractivity contribution < 1.29 is 0 Å². The summed E-state index contributed by atoms with van der Waals surface area (Å²) >= 11 is 0. The quantitative estimate of drug-likeness (QED) is 0.276. The Bertz CT molecular complexity index is 1430. The van der Waals surface area contributed by atoms with Gasteiger partial charge in [-0.1, -0.05) is 133 Å². The molecule has 0 atom stereocenters. The number of para-hydroxylation sites is 1. The molecule has 1 aliphatic rings. The second-order valence-corrected chi connectivity index (χ2v) is 8.95. The molecule has 35 heavy (non-hydrogen) atoms. The summed E-state index contributed by atoms with van der Waals surface area (Å²) in [5, 5.41) is 7.67. The minimum atomic E-state index is -0.630. The summed E-state index contributed by atoms with van der Waals surface area (Å²) in [6.45, 7) is 2.12. The predicted octanol–water partition coefficient (Wildman–Crippen LogP) is 7.56. The van der Waals surface area contributed by atoms with Crippen molar-refractivity contribution in [2.75, 3.05) is 5.01 Å². The van der Waals surface area contributed by atoms with Crippen LogP contribution in [0.25, 0.3) is 0 Å². The molecule has 5 aromatic carbocycles. The van der Waals surface area contributed by atoms with Crippen LogP contribution in [0.15, 0.2) is 145 Å². The first kappa shape index (κ1) is 21.1. The first-order chi connectivity index (χ1) is 17.3. The van der Waals surface area contributed by atoms with Crippen molar-refractivity contribution in [3.8, 4) is 0 Å². The molecule has 2 heteroatoms. The van der Waals surface area contributed by atoms with Crippen LogP contribution in [-0.2, 0) is 5.54 Å². The molecular formula is C33H26N2. The molecule has 0 aliphatic carbocycles. The first-order valence-electron chi connectivity index (χ1n) is 12.0. The summed E-state index contributed by atoms with van der Waals surface area (Å²) in [7, 11) is 0. The van der Waals surface area contributed by atoms with Gasteiger partial charge in [0.15, 0.2) is 0 Å². The lowest BCUT2D eigenvalue weighted by Crippen LogP contribution is -2.49. The predicted molar refractivity (Wildman–Crippen MR) is 145 cm³/mol. The van der Waals surface area contributed by atoms with Gasteiger partial charge in [-0.25, -0.2) is 5.01 Å². The van der Waals surface area contributed by atoms with E-state index in [1.807, 2.05) is 0 Å². The Balaban J connectivity index is 1.75. The van der Waals surface area contributed by atoms with E-state index in [1.165, 1.54) is 22.3 Å². The van der Waals surface area contributed by atoms with Crippen molar-refractivity contribution in [3.63, 3.8) is 0 Å². The highest BCUT2D eigenvalue weighted by atomic mass is 15.5. The Hall–Kier alpha value is -4.43. The van der Waals surface area contributed by atoms with Gasteiger partial charge in [0.05, 0.1) is 11.4 Å². The highest BCUT2D eigenvalue weighted by Gasteiger charge is 2.47. The zero-order valence-electron chi connectivity index (χ0n) is 19.7. The highest BCUT2D eigenvalue weighted by molar-refractivity contribution is 6.15. The molecule has 0 N–H and O–H groups in total. The van der Waals surface area contributed by atoms with Gasteiger partial charge in [-0.3, -0.25) is 0 Å². The van der Waals surface area contributed by atoms with Crippen LogP contribution < -0.4 is 5.01 Å². The van der Waals surface area contributed by atoms with Crippen LogP contribution in [0, 0.1) is 6.92 Å². The molecule has 5 aromatic rings. The van der Waals surface area contributed by atoms with Crippen LogP contribution in [0.1, 0.15) is 33.4 Å². The number of hydrazone groups is 1. The fourth-order valence-electron chi connectivity index (χ4n) is 5.17. The Kier molecular flexibility index (Phi) is 5.27. The molecule has 0 fully saturated rings. The van der Waals surface area contributed by atoms with E-state index in [-0.39, 0.29) is 0 Å². The topological polar surface area (TPSA) is 15.6 Å². The molecule has 1 aliphatic heterocycles. The van der Waals surface area contributed by atoms with Crippen LogP contribution in [0.5, 0.6) is 0 Å². The van der Waals surface area contributed by atoms with Gasteiger partial charge in [-0.05, 0) is 35.7 Å². The Morgan fingerprint density at radius 2 is 1.06 bits per heavy atom. The minimum absolute atomic E-state index is 0.630. The second kappa shape index (κ2) is 8.73. The number of anilines is 1. The zero-order valence-corrected chi connectivity index (χ0v) is 19.7. The standard InChI is InChI=1S/C33H26N2/c1-25-21-23-26(24-22-25)32-30-19-11-12-20-31(30)33(27-13-5-2-6-14-27,28-15-7-3-8-16-28)35(34-32)29-17-9-4-10-18-29/h2-24H,1H3. The Morgan fingerprint density at radius 3 is 1.66 bits per heavy atom. The van der Waals surface area contributed by atoms with Crippen LogP contribution in [-0.4, -0.2) is 5.71 Å². The molecule has 0 radical (unpaired) electrons. The van der Waals surface area contributed by atoms with Crippen molar-refractivity contribution in [2.45, 2.75) is 12.5 Å². The van der Waals surface area contributed by atoms with Gasteiger partial charge in [0.1, 0.15) is 5.54 Å². The summed E-state index contributed by atoms with van der Waals surface area (Å²) in [4.78, 5) is 0. The van der Waals surface area contributed by atoms with E-state index in [1.54, 1.807) is 0 Å². The smallest absolute Gasteiger partial charge is 0.139 e. The molecule has 0 bridgehead atoms. The molecule has 0 amide bonds. The Labute approximate surface area is 206 Å². The van der Waals surface area contributed by atoms with Crippen molar-refractivity contribution >= 4 is 11.4 Å². The monoisotopic (exact) mass is 450 g/mol. The molecule has 0 saturated heterocycles. The fraction of sp³-hybridized carbons (Fsp3) is 0.0606. The zero-order chi connectivity index (χ0) is 23.7. The number of benzene rings is 5. The minimum Gasteiger partial charge on any atom is -0.245 e. The van der Waals surface area contributed by atoms with E-state index in [2.05, 4.69) is 151 Å². The summed E-state index contributed by atoms with van der Waals surface area (Å²) in [6.07, 6.45) is 0. The molecule has 2 nitrogen and oxygen atoms in total. The molecule has 6 rings (SSSR count). The van der Waals surface area contributed by atoms with Gasteiger partial charge in [-0.2, -0.15) is 5.10 Å². The van der Waals surface area contributed by atoms with E-state index < -0.39 is 5.54 Å². The van der Waals surface area contributed by atoms with Crippen molar-refractivity contribution in [1.82, 2.24) is 0 Å². The van der Waals surface area contributed by atoms with Gasteiger partial charge >= 0.3 is 0 Å². The molecule has 0 unspecified atom stereocenters. The third-order valence-electron chi connectivity index (χ3n) is 6.80. The maximum absolute atomic E-state index is 5.45. The van der Waals surface area contributed by atoms with Crippen molar-refractivity contribution in [3.05, 3.63) is 173 Å².